The van der Waals surface area contributed by atoms with Crippen molar-refractivity contribution in [3.8, 4) is 5.75 Å². The molecule has 2 rings (SSSR count). The zero-order chi connectivity index (χ0) is 15.1. The van der Waals surface area contributed by atoms with Gasteiger partial charge in [0.1, 0.15) is 5.75 Å². The summed E-state index contributed by atoms with van der Waals surface area (Å²) in [5, 5.41) is 0. The van der Waals surface area contributed by atoms with E-state index in [-0.39, 0.29) is 18.3 Å². The number of hydrogen-bond acceptors (Lipinski definition) is 3. The standard InChI is InChI=1S/C16H25BO3/c1-8-18-14-11(2)9-13(10-12(14)3)17-19-15(4,5)16(6,7)20-17/h9-10H,8H2,1-7H3. The molecule has 0 amide bonds. The Morgan fingerprint density at radius 1 is 1.00 bits per heavy atom. The molecule has 0 bridgehead atoms. The largest absolute Gasteiger partial charge is 0.494 e. The third-order valence-electron chi connectivity index (χ3n) is 4.30. The summed E-state index contributed by atoms with van der Waals surface area (Å²) < 4.78 is 17.9. The van der Waals surface area contributed by atoms with E-state index in [1.807, 2.05) is 6.92 Å². The molecule has 1 heterocycles. The Hall–Kier alpha value is -0.995. The minimum Gasteiger partial charge on any atom is -0.493 e. The average molecular weight is 276 g/mol. The lowest BCUT2D eigenvalue weighted by atomic mass is 9.77. The first-order valence-electron chi connectivity index (χ1n) is 7.27. The van der Waals surface area contributed by atoms with Crippen LogP contribution in [-0.2, 0) is 9.31 Å². The van der Waals surface area contributed by atoms with E-state index in [2.05, 4.69) is 53.7 Å². The number of rotatable bonds is 3. The van der Waals surface area contributed by atoms with Crippen molar-refractivity contribution in [2.45, 2.75) is 59.7 Å². The molecule has 1 aromatic rings. The van der Waals surface area contributed by atoms with Crippen LogP contribution in [0.2, 0.25) is 0 Å². The Morgan fingerprint density at radius 3 is 1.85 bits per heavy atom. The zero-order valence-corrected chi connectivity index (χ0v) is 13.7. The van der Waals surface area contributed by atoms with E-state index in [0.29, 0.717) is 6.61 Å². The second-order valence-electron chi connectivity index (χ2n) is 6.51. The van der Waals surface area contributed by atoms with E-state index in [9.17, 15) is 0 Å². The predicted octanol–water partition coefficient (Wildman–Crippen LogP) is 3.00. The summed E-state index contributed by atoms with van der Waals surface area (Å²) in [5.41, 5.74) is 2.69. The molecular weight excluding hydrogens is 251 g/mol. The van der Waals surface area contributed by atoms with Gasteiger partial charge in [0.2, 0.25) is 0 Å². The van der Waals surface area contributed by atoms with Crippen molar-refractivity contribution in [1.29, 1.82) is 0 Å². The summed E-state index contributed by atoms with van der Waals surface area (Å²) in [6.45, 7) is 15.1. The third-order valence-corrected chi connectivity index (χ3v) is 4.30. The van der Waals surface area contributed by atoms with Crippen LogP contribution in [-0.4, -0.2) is 24.9 Å². The molecule has 1 aromatic carbocycles. The second-order valence-corrected chi connectivity index (χ2v) is 6.51. The summed E-state index contributed by atoms with van der Waals surface area (Å²) in [6, 6.07) is 4.19. The topological polar surface area (TPSA) is 27.7 Å². The number of aryl methyl sites for hydroxylation is 2. The van der Waals surface area contributed by atoms with Crippen LogP contribution < -0.4 is 10.2 Å². The molecule has 0 radical (unpaired) electrons. The molecule has 3 nitrogen and oxygen atoms in total. The Kier molecular flexibility index (Phi) is 3.91. The van der Waals surface area contributed by atoms with Crippen molar-refractivity contribution < 1.29 is 14.0 Å². The first kappa shape index (κ1) is 15.4. The normalized spacial score (nSPS) is 20.2. The Bertz CT molecular complexity index is 469. The van der Waals surface area contributed by atoms with Gasteiger partial charge >= 0.3 is 7.12 Å². The van der Waals surface area contributed by atoms with Crippen LogP contribution in [0.25, 0.3) is 0 Å². The summed E-state index contributed by atoms with van der Waals surface area (Å²) in [4.78, 5) is 0. The highest BCUT2D eigenvalue weighted by Gasteiger charge is 2.51. The molecule has 1 saturated heterocycles. The number of hydrogen-bond donors (Lipinski definition) is 0. The van der Waals surface area contributed by atoms with Crippen LogP contribution >= 0.6 is 0 Å². The third kappa shape index (κ3) is 2.59. The van der Waals surface area contributed by atoms with Crippen molar-refractivity contribution in [1.82, 2.24) is 0 Å². The highest BCUT2D eigenvalue weighted by molar-refractivity contribution is 6.62. The molecule has 110 valence electrons. The molecule has 1 fully saturated rings. The lowest BCUT2D eigenvalue weighted by Gasteiger charge is -2.32. The smallest absolute Gasteiger partial charge is 0.493 e. The molecule has 0 aliphatic carbocycles. The van der Waals surface area contributed by atoms with Gasteiger partial charge in [-0.05, 0) is 65.1 Å². The van der Waals surface area contributed by atoms with E-state index >= 15 is 0 Å². The van der Waals surface area contributed by atoms with Crippen molar-refractivity contribution >= 4 is 12.6 Å². The van der Waals surface area contributed by atoms with Crippen LogP contribution in [0.15, 0.2) is 12.1 Å². The van der Waals surface area contributed by atoms with Crippen LogP contribution in [0.1, 0.15) is 45.7 Å². The van der Waals surface area contributed by atoms with Gasteiger partial charge in [0, 0.05) is 0 Å². The van der Waals surface area contributed by atoms with Crippen LogP contribution in [0.4, 0.5) is 0 Å². The molecule has 0 N–H and O–H groups in total. The van der Waals surface area contributed by atoms with E-state index in [1.165, 1.54) is 0 Å². The first-order valence-corrected chi connectivity index (χ1v) is 7.27. The van der Waals surface area contributed by atoms with Crippen molar-refractivity contribution in [3.63, 3.8) is 0 Å². The van der Waals surface area contributed by atoms with Crippen LogP contribution in [0.5, 0.6) is 5.75 Å². The molecule has 0 aromatic heterocycles. The van der Waals surface area contributed by atoms with Gasteiger partial charge in [0.05, 0.1) is 17.8 Å². The Morgan fingerprint density at radius 2 is 1.45 bits per heavy atom. The van der Waals surface area contributed by atoms with Gasteiger partial charge in [-0.1, -0.05) is 12.1 Å². The first-order chi connectivity index (χ1) is 9.18. The molecule has 0 unspecified atom stereocenters. The van der Waals surface area contributed by atoms with Crippen LogP contribution in [0, 0.1) is 13.8 Å². The second kappa shape index (κ2) is 5.08. The Balaban J connectivity index is 2.32. The van der Waals surface area contributed by atoms with Gasteiger partial charge < -0.3 is 14.0 Å². The lowest BCUT2D eigenvalue weighted by Crippen LogP contribution is -2.41. The fourth-order valence-electron chi connectivity index (χ4n) is 2.47. The average Bonchev–Trinajstić information content (AvgIpc) is 2.53. The van der Waals surface area contributed by atoms with Crippen LogP contribution in [0.3, 0.4) is 0 Å². The molecule has 4 heteroatoms. The quantitative estimate of drug-likeness (QED) is 0.794. The van der Waals surface area contributed by atoms with Crippen molar-refractivity contribution in [2.75, 3.05) is 6.61 Å². The van der Waals surface area contributed by atoms with Gasteiger partial charge in [0.25, 0.3) is 0 Å². The molecule has 20 heavy (non-hydrogen) atoms. The van der Waals surface area contributed by atoms with Gasteiger partial charge in [0.15, 0.2) is 0 Å². The molecule has 1 aliphatic heterocycles. The highest BCUT2D eigenvalue weighted by Crippen LogP contribution is 2.36. The summed E-state index contributed by atoms with van der Waals surface area (Å²) >= 11 is 0. The van der Waals surface area contributed by atoms with Crippen molar-refractivity contribution in [2.24, 2.45) is 0 Å². The highest BCUT2D eigenvalue weighted by atomic mass is 16.7. The van der Waals surface area contributed by atoms with E-state index in [0.717, 1.165) is 22.3 Å². The van der Waals surface area contributed by atoms with Crippen molar-refractivity contribution in [3.05, 3.63) is 23.3 Å². The van der Waals surface area contributed by atoms with Gasteiger partial charge in [-0.15, -0.1) is 0 Å². The van der Waals surface area contributed by atoms with Gasteiger partial charge in [-0.25, -0.2) is 0 Å². The van der Waals surface area contributed by atoms with E-state index in [4.69, 9.17) is 14.0 Å². The fourth-order valence-corrected chi connectivity index (χ4v) is 2.47. The number of ether oxygens (including phenoxy) is 1. The minimum absolute atomic E-state index is 0.307. The molecule has 1 aliphatic rings. The fraction of sp³-hybridized carbons (Fsp3) is 0.625. The van der Waals surface area contributed by atoms with E-state index < -0.39 is 0 Å². The van der Waals surface area contributed by atoms with E-state index in [1.54, 1.807) is 0 Å². The van der Waals surface area contributed by atoms with Gasteiger partial charge in [-0.2, -0.15) is 0 Å². The lowest BCUT2D eigenvalue weighted by molar-refractivity contribution is 0.00578. The Labute approximate surface area is 122 Å². The van der Waals surface area contributed by atoms with Gasteiger partial charge in [-0.3, -0.25) is 0 Å². The zero-order valence-electron chi connectivity index (χ0n) is 13.7. The molecule has 0 saturated carbocycles. The maximum atomic E-state index is 6.10. The molecule has 0 atom stereocenters. The minimum atomic E-state index is -0.312. The predicted molar refractivity (Wildman–Crippen MR) is 82.8 cm³/mol. The maximum Gasteiger partial charge on any atom is 0.494 e. The SMILES string of the molecule is CCOc1c(C)cc(B2OC(C)(C)C(C)(C)O2)cc1C. The number of benzene rings is 1. The summed E-state index contributed by atoms with van der Waals surface area (Å²) in [5.74, 6) is 0.966. The summed E-state index contributed by atoms with van der Waals surface area (Å²) in [6.07, 6.45) is 0. The maximum absolute atomic E-state index is 6.10. The monoisotopic (exact) mass is 276 g/mol. The summed E-state index contributed by atoms with van der Waals surface area (Å²) in [7, 11) is -0.312. The molecule has 0 spiro atoms. The molecular formula is C16H25BO3.